The number of carbonyl (C=O) groups is 1. The molecule has 2 rings (SSSR count). The average molecular weight is 229 g/mol. The molecule has 2 aromatic rings. The van der Waals surface area contributed by atoms with Crippen LogP contribution in [-0.2, 0) is 11.8 Å². The Morgan fingerprint density at radius 2 is 2.00 bits per heavy atom. The molecule has 0 saturated heterocycles. The van der Waals surface area contributed by atoms with E-state index in [9.17, 15) is 4.79 Å². The summed E-state index contributed by atoms with van der Waals surface area (Å²) in [5.74, 6) is 0.0270. The number of amides is 1. The van der Waals surface area contributed by atoms with E-state index in [0.29, 0.717) is 6.42 Å². The first-order valence-corrected chi connectivity index (χ1v) is 5.58. The number of benzene rings is 1. The van der Waals surface area contributed by atoms with Gasteiger partial charge in [-0.3, -0.25) is 9.48 Å². The number of anilines is 1. The fraction of sp³-hybridized carbons (Fsp3) is 0.231. The normalized spacial score (nSPS) is 10.2. The van der Waals surface area contributed by atoms with Gasteiger partial charge >= 0.3 is 0 Å². The molecule has 0 radical (unpaired) electrons. The van der Waals surface area contributed by atoms with E-state index in [-0.39, 0.29) is 5.91 Å². The predicted molar refractivity (Wildman–Crippen MR) is 67.6 cm³/mol. The van der Waals surface area contributed by atoms with Gasteiger partial charge in [0.15, 0.2) is 0 Å². The van der Waals surface area contributed by atoms with E-state index in [1.165, 1.54) is 0 Å². The molecule has 0 atom stereocenters. The summed E-state index contributed by atoms with van der Waals surface area (Å²) in [7, 11) is 1.89. The van der Waals surface area contributed by atoms with Crippen molar-refractivity contribution in [1.82, 2.24) is 9.78 Å². The number of nitrogens with one attached hydrogen (secondary N) is 1. The lowest BCUT2D eigenvalue weighted by Crippen LogP contribution is -2.08. The monoisotopic (exact) mass is 229 g/mol. The van der Waals surface area contributed by atoms with Crippen molar-refractivity contribution in [2.24, 2.45) is 7.05 Å². The van der Waals surface area contributed by atoms with Crippen LogP contribution in [-0.4, -0.2) is 15.7 Å². The van der Waals surface area contributed by atoms with Crippen molar-refractivity contribution in [3.8, 4) is 11.1 Å². The molecule has 88 valence electrons. The van der Waals surface area contributed by atoms with Gasteiger partial charge in [0.05, 0.1) is 6.20 Å². The van der Waals surface area contributed by atoms with Gasteiger partial charge in [-0.05, 0) is 17.7 Å². The van der Waals surface area contributed by atoms with Crippen LogP contribution in [0.4, 0.5) is 5.69 Å². The van der Waals surface area contributed by atoms with E-state index in [1.807, 2.05) is 50.6 Å². The van der Waals surface area contributed by atoms with Gasteiger partial charge < -0.3 is 5.32 Å². The molecular formula is C13H15N3O. The number of nitrogens with zero attached hydrogens (tertiary/aromatic N) is 2. The third-order valence-corrected chi connectivity index (χ3v) is 2.53. The van der Waals surface area contributed by atoms with Crippen molar-refractivity contribution in [3.05, 3.63) is 36.7 Å². The van der Waals surface area contributed by atoms with E-state index >= 15 is 0 Å². The topological polar surface area (TPSA) is 46.9 Å². The van der Waals surface area contributed by atoms with Crippen LogP contribution in [0.1, 0.15) is 13.3 Å². The molecule has 4 nitrogen and oxygen atoms in total. The summed E-state index contributed by atoms with van der Waals surface area (Å²) in [6.07, 6.45) is 4.27. The van der Waals surface area contributed by atoms with Crippen molar-refractivity contribution >= 4 is 11.6 Å². The Labute approximate surface area is 100 Å². The Morgan fingerprint density at radius 1 is 1.29 bits per heavy atom. The number of rotatable bonds is 3. The van der Waals surface area contributed by atoms with Gasteiger partial charge in [0.1, 0.15) is 0 Å². The second-order valence-electron chi connectivity index (χ2n) is 3.88. The Morgan fingerprint density at radius 3 is 2.53 bits per heavy atom. The summed E-state index contributed by atoms with van der Waals surface area (Å²) in [6, 6.07) is 7.75. The van der Waals surface area contributed by atoms with E-state index in [4.69, 9.17) is 0 Å². The molecule has 1 N–H and O–H groups in total. The summed E-state index contributed by atoms with van der Waals surface area (Å²) in [5.41, 5.74) is 2.98. The van der Waals surface area contributed by atoms with Crippen molar-refractivity contribution in [2.75, 3.05) is 5.32 Å². The van der Waals surface area contributed by atoms with Crippen molar-refractivity contribution < 1.29 is 4.79 Å². The summed E-state index contributed by atoms with van der Waals surface area (Å²) in [5, 5.41) is 6.94. The van der Waals surface area contributed by atoms with Gasteiger partial charge in [0.25, 0.3) is 0 Å². The fourth-order valence-corrected chi connectivity index (χ4v) is 1.57. The quantitative estimate of drug-likeness (QED) is 0.878. The summed E-state index contributed by atoms with van der Waals surface area (Å²) >= 11 is 0. The number of aryl methyl sites for hydroxylation is 1. The molecule has 1 heterocycles. The zero-order chi connectivity index (χ0) is 12.3. The van der Waals surface area contributed by atoms with Gasteiger partial charge in [0, 0.05) is 30.9 Å². The summed E-state index contributed by atoms with van der Waals surface area (Å²) < 4.78 is 1.77. The molecular weight excluding hydrogens is 214 g/mol. The van der Waals surface area contributed by atoms with E-state index in [0.717, 1.165) is 16.8 Å². The molecule has 0 aliphatic rings. The van der Waals surface area contributed by atoms with E-state index in [2.05, 4.69) is 10.4 Å². The van der Waals surface area contributed by atoms with Crippen LogP contribution < -0.4 is 5.32 Å². The minimum atomic E-state index is 0.0270. The Bertz CT molecular complexity index is 514. The first-order chi connectivity index (χ1) is 8.19. The zero-order valence-electron chi connectivity index (χ0n) is 9.97. The molecule has 1 aromatic heterocycles. The lowest BCUT2D eigenvalue weighted by molar-refractivity contribution is -0.115. The molecule has 0 spiro atoms. The molecule has 1 amide bonds. The third-order valence-electron chi connectivity index (χ3n) is 2.53. The van der Waals surface area contributed by atoms with Crippen LogP contribution in [0.15, 0.2) is 36.7 Å². The number of carbonyl (C=O) groups excluding carboxylic acids is 1. The van der Waals surface area contributed by atoms with Crippen molar-refractivity contribution in [3.63, 3.8) is 0 Å². The number of hydrogen-bond donors (Lipinski definition) is 1. The van der Waals surface area contributed by atoms with Crippen molar-refractivity contribution in [2.45, 2.75) is 13.3 Å². The molecule has 17 heavy (non-hydrogen) atoms. The van der Waals surface area contributed by atoms with E-state index in [1.54, 1.807) is 4.68 Å². The summed E-state index contributed by atoms with van der Waals surface area (Å²) in [6.45, 7) is 1.83. The van der Waals surface area contributed by atoms with Crippen LogP contribution >= 0.6 is 0 Å². The minimum Gasteiger partial charge on any atom is -0.326 e. The van der Waals surface area contributed by atoms with Gasteiger partial charge in [-0.15, -0.1) is 0 Å². The first-order valence-electron chi connectivity index (χ1n) is 5.58. The lowest BCUT2D eigenvalue weighted by atomic mass is 10.1. The van der Waals surface area contributed by atoms with Crippen molar-refractivity contribution in [1.29, 1.82) is 0 Å². The molecule has 0 aliphatic carbocycles. The molecule has 4 heteroatoms. The van der Waals surface area contributed by atoms with Crippen LogP contribution in [0.25, 0.3) is 11.1 Å². The highest BCUT2D eigenvalue weighted by atomic mass is 16.1. The SMILES string of the molecule is CCC(=O)Nc1ccc(-c2cnn(C)c2)cc1. The zero-order valence-corrected chi connectivity index (χ0v) is 9.97. The second-order valence-corrected chi connectivity index (χ2v) is 3.88. The molecule has 0 unspecified atom stereocenters. The van der Waals surface area contributed by atoms with Crippen LogP contribution in [0.5, 0.6) is 0 Å². The van der Waals surface area contributed by atoms with Gasteiger partial charge in [0.2, 0.25) is 5.91 Å². The Hall–Kier alpha value is -2.10. The highest BCUT2D eigenvalue weighted by molar-refractivity contribution is 5.90. The molecule has 0 fully saturated rings. The standard InChI is InChI=1S/C13H15N3O/c1-3-13(17)15-12-6-4-10(5-7-12)11-8-14-16(2)9-11/h4-9H,3H2,1-2H3,(H,15,17). The largest absolute Gasteiger partial charge is 0.326 e. The maximum Gasteiger partial charge on any atom is 0.224 e. The van der Waals surface area contributed by atoms with Gasteiger partial charge in [-0.1, -0.05) is 19.1 Å². The minimum absolute atomic E-state index is 0.0270. The maximum absolute atomic E-state index is 11.2. The highest BCUT2D eigenvalue weighted by Gasteiger charge is 2.02. The Kier molecular flexibility index (Phi) is 3.23. The fourth-order valence-electron chi connectivity index (χ4n) is 1.57. The first kappa shape index (κ1) is 11.4. The molecule has 0 aliphatic heterocycles. The molecule has 1 aromatic carbocycles. The van der Waals surface area contributed by atoms with Gasteiger partial charge in [-0.2, -0.15) is 5.10 Å². The number of aromatic nitrogens is 2. The van der Waals surface area contributed by atoms with E-state index < -0.39 is 0 Å². The maximum atomic E-state index is 11.2. The average Bonchev–Trinajstić information content (AvgIpc) is 2.77. The van der Waals surface area contributed by atoms with Crippen LogP contribution in [0.2, 0.25) is 0 Å². The van der Waals surface area contributed by atoms with Crippen LogP contribution in [0.3, 0.4) is 0 Å². The molecule has 0 bridgehead atoms. The summed E-state index contributed by atoms with van der Waals surface area (Å²) in [4.78, 5) is 11.2. The molecule has 0 saturated carbocycles. The highest BCUT2D eigenvalue weighted by Crippen LogP contribution is 2.20. The van der Waals surface area contributed by atoms with Gasteiger partial charge in [-0.25, -0.2) is 0 Å². The third kappa shape index (κ3) is 2.72. The second kappa shape index (κ2) is 4.82. The Balaban J connectivity index is 2.15. The predicted octanol–water partition coefficient (Wildman–Crippen LogP) is 2.44. The smallest absolute Gasteiger partial charge is 0.224 e. The van der Waals surface area contributed by atoms with Crippen LogP contribution in [0, 0.1) is 0 Å². The lowest BCUT2D eigenvalue weighted by Gasteiger charge is -2.04. The number of hydrogen-bond acceptors (Lipinski definition) is 2.